The van der Waals surface area contributed by atoms with Crippen molar-refractivity contribution in [1.82, 2.24) is 9.47 Å². The number of aryl methyl sites for hydroxylation is 1. The van der Waals surface area contributed by atoms with E-state index < -0.39 is 6.10 Å². The van der Waals surface area contributed by atoms with Gasteiger partial charge in [-0.15, -0.1) is 0 Å². The van der Waals surface area contributed by atoms with Gasteiger partial charge in [-0.05, 0) is 19.1 Å². The molecule has 0 radical (unpaired) electrons. The van der Waals surface area contributed by atoms with Crippen molar-refractivity contribution in [3.05, 3.63) is 39.0 Å². The number of hydrogen-bond acceptors (Lipinski definition) is 4. The van der Waals surface area contributed by atoms with Gasteiger partial charge in [-0.2, -0.15) is 0 Å². The van der Waals surface area contributed by atoms with Crippen molar-refractivity contribution in [1.29, 1.82) is 0 Å². The number of benzene rings is 1. The Balaban J connectivity index is 2.28. The normalized spacial score (nSPS) is 16.2. The number of allylic oxidation sites excluding steroid dienone is 1. The first kappa shape index (κ1) is 19.7. The predicted molar refractivity (Wildman–Crippen MR) is 110 cm³/mol. The molecule has 1 aliphatic rings. The minimum atomic E-state index is -1.04. The van der Waals surface area contributed by atoms with Gasteiger partial charge in [-0.25, -0.2) is 0 Å². The van der Waals surface area contributed by atoms with Crippen LogP contribution in [0.5, 0.6) is 0 Å². The Kier molecular flexibility index (Phi) is 5.51. The van der Waals surface area contributed by atoms with Crippen LogP contribution < -0.4 is 5.73 Å². The van der Waals surface area contributed by atoms with Crippen LogP contribution >= 0.6 is 23.2 Å². The van der Waals surface area contributed by atoms with E-state index in [0.717, 1.165) is 27.7 Å². The van der Waals surface area contributed by atoms with Crippen LogP contribution in [-0.2, 0) is 24.8 Å². The molecule has 0 bridgehead atoms. The number of aliphatic hydroxyl groups is 1. The molecular weight excluding hydrogens is 387 g/mol. The van der Waals surface area contributed by atoms with Gasteiger partial charge in [-0.3, -0.25) is 9.79 Å². The lowest BCUT2D eigenvalue weighted by Crippen LogP contribution is -2.41. The van der Waals surface area contributed by atoms with E-state index in [1.54, 1.807) is 30.3 Å². The van der Waals surface area contributed by atoms with Gasteiger partial charge in [0.05, 0.1) is 15.6 Å². The maximum atomic E-state index is 12.3. The highest BCUT2D eigenvalue weighted by atomic mass is 35.5. The van der Waals surface area contributed by atoms with Gasteiger partial charge in [0, 0.05) is 67.7 Å². The van der Waals surface area contributed by atoms with Crippen LogP contribution in [0.1, 0.15) is 23.7 Å². The smallest absolute Gasteiger partial charge is 0.251 e. The van der Waals surface area contributed by atoms with Crippen LogP contribution in [0.4, 0.5) is 0 Å². The number of rotatable bonds is 3. The van der Waals surface area contributed by atoms with E-state index in [4.69, 9.17) is 28.9 Å². The van der Waals surface area contributed by atoms with Crippen molar-refractivity contribution < 1.29 is 9.90 Å². The molecule has 0 aliphatic carbocycles. The molecule has 0 unspecified atom stereocenters. The van der Waals surface area contributed by atoms with E-state index in [-0.39, 0.29) is 5.91 Å². The Morgan fingerprint density at radius 3 is 2.78 bits per heavy atom. The first-order valence-corrected chi connectivity index (χ1v) is 9.36. The summed E-state index contributed by atoms with van der Waals surface area (Å²) in [5.41, 5.74) is 10.4. The number of aliphatic imine (C=N–C) groups is 1. The van der Waals surface area contributed by atoms with E-state index >= 15 is 0 Å². The molecule has 3 N–H and O–H groups in total. The third-order valence-electron chi connectivity index (χ3n) is 4.94. The van der Waals surface area contributed by atoms with Gasteiger partial charge in [0.1, 0.15) is 6.10 Å². The highest BCUT2D eigenvalue weighted by molar-refractivity contribution is 6.45. The van der Waals surface area contributed by atoms with E-state index in [1.165, 1.54) is 6.92 Å². The molecule has 0 fully saturated rings. The molecule has 0 spiro atoms. The highest BCUT2D eigenvalue weighted by Crippen LogP contribution is 2.41. The molecule has 27 heavy (non-hydrogen) atoms. The molecule has 1 atom stereocenters. The minimum Gasteiger partial charge on any atom is -0.398 e. The Morgan fingerprint density at radius 1 is 1.44 bits per heavy atom. The van der Waals surface area contributed by atoms with Crippen molar-refractivity contribution in [3.8, 4) is 0 Å². The summed E-state index contributed by atoms with van der Waals surface area (Å²) >= 11 is 12.9. The molecule has 0 saturated heterocycles. The molecule has 2 heterocycles. The van der Waals surface area contributed by atoms with E-state index in [1.807, 2.05) is 11.6 Å². The number of nitrogens with two attached hydrogens (primary N) is 1. The topological polar surface area (TPSA) is 83.8 Å². The van der Waals surface area contributed by atoms with Crippen molar-refractivity contribution in [2.24, 2.45) is 17.8 Å². The standard InChI is InChI=1S/C19H22Cl2N4O2/c1-10(26)19(27)25-7-5-15-12(9-25)16-11(14(22)4-6-23-2)8-13(20)17(21)18(16)24(15)3/h4,6,8,10,26H,5,7,9,22H2,1-3H3/b14-4-,23-6?/t10-/m1/s1. The Morgan fingerprint density at radius 2 is 2.15 bits per heavy atom. The summed E-state index contributed by atoms with van der Waals surface area (Å²) in [6, 6.07) is 1.75. The van der Waals surface area contributed by atoms with E-state index in [0.29, 0.717) is 35.3 Å². The van der Waals surface area contributed by atoms with E-state index in [9.17, 15) is 9.90 Å². The second-order valence-electron chi connectivity index (χ2n) is 6.64. The largest absolute Gasteiger partial charge is 0.398 e. The lowest BCUT2D eigenvalue weighted by molar-refractivity contribution is -0.140. The van der Waals surface area contributed by atoms with Crippen LogP contribution in [0.15, 0.2) is 17.1 Å². The molecule has 1 aromatic heterocycles. The highest BCUT2D eigenvalue weighted by Gasteiger charge is 2.30. The first-order valence-electron chi connectivity index (χ1n) is 8.61. The average Bonchev–Trinajstić information content (AvgIpc) is 2.94. The zero-order valence-corrected chi connectivity index (χ0v) is 17.0. The third-order valence-corrected chi connectivity index (χ3v) is 5.71. The van der Waals surface area contributed by atoms with Gasteiger partial charge >= 0.3 is 0 Å². The van der Waals surface area contributed by atoms with Crippen LogP contribution in [0, 0.1) is 0 Å². The number of aliphatic hydroxyl groups excluding tert-OH is 1. The van der Waals surface area contributed by atoms with Crippen LogP contribution in [0.3, 0.4) is 0 Å². The molecule has 0 saturated carbocycles. The van der Waals surface area contributed by atoms with Crippen molar-refractivity contribution in [2.75, 3.05) is 13.6 Å². The van der Waals surface area contributed by atoms with Gasteiger partial charge in [0.25, 0.3) is 5.91 Å². The number of carbonyl (C=O) groups excluding carboxylic acids is 1. The van der Waals surface area contributed by atoms with Gasteiger partial charge in [-0.1, -0.05) is 23.2 Å². The van der Waals surface area contributed by atoms with Crippen molar-refractivity contribution in [2.45, 2.75) is 26.0 Å². The number of fused-ring (bicyclic) bond motifs is 3. The SMILES string of the molecule is CN=C/C=C(\N)c1cc(Cl)c(Cl)c2c1c1c(n2C)CCN(C(=O)[C@@H](C)O)C1. The molecule has 1 aromatic carbocycles. The lowest BCUT2D eigenvalue weighted by atomic mass is 9.98. The summed E-state index contributed by atoms with van der Waals surface area (Å²) in [6.45, 7) is 2.40. The molecule has 1 amide bonds. The fourth-order valence-electron chi connectivity index (χ4n) is 3.64. The van der Waals surface area contributed by atoms with Crippen molar-refractivity contribution >= 4 is 51.9 Å². The number of nitrogens with zero attached hydrogens (tertiary/aromatic N) is 3. The summed E-state index contributed by atoms with van der Waals surface area (Å²) in [6.07, 6.45) is 2.94. The van der Waals surface area contributed by atoms with Crippen molar-refractivity contribution in [3.63, 3.8) is 0 Å². The number of halogens is 2. The first-order chi connectivity index (χ1) is 12.8. The molecule has 6 nitrogen and oxygen atoms in total. The molecule has 1 aliphatic heterocycles. The Hall–Kier alpha value is -2.02. The number of carbonyl (C=O) groups is 1. The second kappa shape index (κ2) is 7.54. The van der Waals surface area contributed by atoms with Gasteiger partial charge < -0.3 is 20.3 Å². The molecule has 144 valence electrons. The third kappa shape index (κ3) is 3.33. The van der Waals surface area contributed by atoms with Gasteiger partial charge in [0.15, 0.2) is 0 Å². The Bertz CT molecular complexity index is 976. The summed E-state index contributed by atoms with van der Waals surface area (Å²) in [4.78, 5) is 17.9. The maximum Gasteiger partial charge on any atom is 0.251 e. The second-order valence-corrected chi connectivity index (χ2v) is 7.43. The van der Waals surface area contributed by atoms with E-state index in [2.05, 4.69) is 4.99 Å². The summed E-state index contributed by atoms with van der Waals surface area (Å²) in [7, 11) is 3.60. The predicted octanol–water partition coefficient (Wildman–Crippen LogP) is 2.75. The summed E-state index contributed by atoms with van der Waals surface area (Å²) < 4.78 is 2.02. The molecule has 2 aromatic rings. The maximum absolute atomic E-state index is 12.3. The fraction of sp³-hybridized carbons (Fsp3) is 0.368. The number of hydrogen-bond donors (Lipinski definition) is 2. The Labute approximate surface area is 167 Å². The molecular formula is C19H22Cl2N4O2. The fourth-order valence-corrected chi connectivity index (χ4v) is 4.11. The molecule has 3 rings (SSSR count). The van der Waals surface area contributed by atoms with Gasteiger partial charge in [0.2, 0.25) is 0 Å². The zero-order chi connectivity index (χ0) is 19.9. The number of amides is 1. The lowest BCUT2D eigenvalue weighted by Gasteiger charge is -2.29. The van der Waals surface area contributed by atoms with Crippen LogP contribution in [0.25, 0.3) is 16.6 Å². The summed E-state index contributed by atoms with van der Waals surface area (Å²) in [5.74, 6) is -0.291. The average molecular weight is 409 g/mol. The monoisotopic (exact) mass is 408 g/mol. The van der Waals surface area contributed by atoms with Crippen LogP contribution in [0.2, 0.25) is 10.0 Å². The van der Waals surface area contributed by atoms with Crippen LogP contribution in [-0.4, -0.2) is 46.4 Å². The summed E-state index contributed by atoms with van der Waals surface area (Å²) in [5, 5.41) is 11.4. The molecule has 8 heteroatoms. The zero-order valence-electron chi connectivity index (χ0n) is 15.5. The number of aromatic nitrogens is 1. The quantitative estimate of drug-likeness (QED) is 0.765. The minimum absolute atomic E-state index is 0.291.